The number of hydrogen-bond acceptors (Lipinski definition) is 6. The first kappa shape index (κ1) is 17.9. The van der Waals surface area contributed by atoms with Crippen molar-refractivity contribution < 1.29 is 0 Å². The number of hydrogen-bond donors (Lipinski definition) is 1. The fourth-order valence-corrected chi connectivity index (χ4v) is 4.65. The van der Waals surface area contributed by atoms with E-state index in [1.807, 2.05) is 51.5 Å². The largest absolute Gasteiger partial charge is 0.284 e. The van der Waals surface area contributed by atoms with Crippen LogP contribution in [0.4, 0.5) is 0 Å². The van der Waals surface area contributed by atoms with Crippen molar-refractivity contribution in [1.29, 1.82) is 5.26 Å². The third kappa shape index (κ3) is 3.28. The van der Waals surface area contributed by atoms with Gasteiger partial charge in [-0.05, 0) is 61.6 Å². The van der Waals surface area contributed by atoms with Gasteiger partial charge in [-0.15, -0.1) is 16.9 Å². The molecule has 0 radical (unpaired) electrons. The molecule has 0 bridgehead atoms. The molecule has 2 atom stereocenters. The maximum Gasteiger partial charge on any atom is 0.113 e. The number of aromatic nitrogens is 5. The zero-order valence-electron chi connectivity index (χ0n) is 15.9. The predicted molar refractivity (Wildman–Crippen MR) is 114 cm³/mol. The molecular formula is C21H19N7S. The van der Waals surface area contributed by atoms with Crippen LogP contribution >= 0.6 is 11.8 Å². The number of fused-ring (bicyclic) bond motifs is 1. The van der Waals surface area contributed by atoms with E-state index in [1.165, 1.54) is 0 Å². The fraction of sp³-hybridized carbons (Fsp3) is 0.238. The Morgan fingerprint density at radius 2 is 2.03 bits per heavy atom. The van der Waals surface area contributed by atoms with E-state index in [0.29, 0.717) is 10.9 Å². The van der Waals surface area contributed by atoms with Crippen LogP contribution in [0.25, 0.3) is 28.0 Å². The average molecular weight is 401 g/mol. The molecule has 2 aromatic carbocycles. The van der Waals surface area contributed by atoms with Gasteiger partial charge in [-0.2, -0.15) is 10.4 Å². The lowest BCUT2D eigenvalue weighted by Crippen LogP contribution is -2.37. The minimum absolute atomic E-state index is 0.148. The van der Waals surface area contributed by atoms with Gasteiger partial charge < -0.3 is 0 Å². The van der Waals surface area contributed by atoms with E-state index in [-0.39, 0.29) is 6.17 Å². The molecular weight excluding hydrogens is 382 g/mol. The molecule has 1 aliphatic rings. The van der Waals surface area contributed by atoms with Crippen molar-refractivity contribution in [3.8, 4) is 23.0 Å². The van der Waals surface area contributed by atoms with Crippen molar-refractivity contribution in [2.45, 2.75) is 24.9 Å². The molecule has 0 spiro atoms. The van der Waals surface area contributed by atoms with Crippen molar-refractivity contribution in [3.05, 3.63) is 60.3 Å². The Labute approximate surface area is 172 Å². The first-order valence-corrected chi connectivity index (χ1v) is 10.6. The van der Waals surface area contributed by atoms with Gasteiger partial charge in [-0.1, -0.05) is 11.3 Å². The molecule has 8 heteroatoms. The van der Waals surface area contributed by atoms with Crippen molar-refractivity contribution in [2.75, 3.05) is 5.75 Å². The molecule has 7 nitrogen and oxygen atoms in total. The van der Waals surface area contributed by atoms with Gasteiger partial charge in [0.1, 0.15) is 11.7 Å². The van der Waals surface area contributed by atoms with Crippen LogP contribution in [0.1, 0.15) is 25.1 Å². The summed E-state index contributed by atoms with van der Waals surface area (Å²) in [5, 5.41) is 26.3. The Morgan fingerprint density at radius 1 is 1.17 bits per heavy atom. The van der Waals surface area contributed by atoms with E-state index in [0.717, 1.165) is 40.2 Å². The number of nitriles is 1. The molecule has 3 heterocycles. The summed E-state index contributed by atoms with van der Waals surface area (Å²) in [7, 11) is 0. The van der Waals surface area contributed by atoms with Crippen molar-refractivity contribution in [1.82, 2.24) is 30.1 Å². The quantitative estimate of drug-likeness (QED) is 0.563. The molecule has 0 saturated carbocycles. The summed E-state index contributed by atoms with van der Waals surface area (Å²) in [6, 6.07) is 17.7. The standard InChI is InChI=1S/C21H19N7S/c1-14-24-21(9-11-29-14)28-20-12-16(4-7-18(20)25-26-28)19-8-10-23-27(19)17-5-2-15(13-22)3-6-17/h2-8,10,12,14,21,24H,9,11H2,1H3. The molecule has 4 aromatic rings. The van der Waals surface area contributed by atoms with E-state index < -0.39 is 0 Å². The molecule has 29 heavy (non-hydrogen) atoms. The monoisotopic (exact) mass is 401 g/mol. The molecule has 1 fully saturated rings. The van der Waals surface area contributed by atoms with Gasteiger partial charge in [0.15, 0.2) is 0 Å². The molecule has 1 saturated heterocycles. The zero-order chi connectivity index (χ0) is 19.8. The molecule has 2 aromatic heterocycles. The Hall–Kier alpha value is -3.15. The smallest absolute Gasteiger partial charge is 0.113 e. The van der Waals surface area contributed by atoms with Gasteiger partial charge in [0.2, 0.25) is 0 Å². The van der Waals surface area contributed by atoms with Gasteiger partial charge in [0.05, 0.1) is 40.1 Å². The Morgan fingerprint density at radius 3 is 2.83 bits per heavy atom. The maximum atomic E-state index is 9.03. The SMILES string of the molecule is CC1NC(n2nnc3ccc(-c4ccnn4-c4ccc(C#N)cc4)cc32)CCS1. The normalized spacial score (nSPS) is 19.3. The van der Waals surface area contributed by atoms with Crippen molar-refractivity contribution in [2.24, 2.45) is 0 Å². The molecule has 144 valence electrons. The average Bonchev–Trinajstić information content (AvgIpc) is 3.40. The summed E-state index contributed by atoms with van der Waals surface area (Å²) >= 11 is 1.92. The lowest BCUT2D eigenvalue weighted by Gasteiger charge is -2.28. The van der Waals surface area contributed by atoms with E-state index in [9.17, 15) is 0 Å². The van der Waals surface area contributed by atoms with Crippen LogP contribution in [0.5, 0.6) is 0 Å². The van der Waals surface area contributed by atoms with E-state index in [1.54, 1.807) is 18.3 Å². The van der Waals surface area contributed by atoms with Crippen LogP contribution in [0.3, 0.4) is 0 Å². The van der Waals surface area contributed by atoms with Crippen LogP contribution in [0, 0.1) is 11.3 Å². The number of nitrogens with zero attached hydrogens (tertiary/aromatic N) is 6. The minimum Gasteiger partial charge on any atom is -0.284 e. The number of rotatable bonds is 3. The summed E-state index contributed by atoms with van der Waals surface area (Å²) in [4.78, 5) is 0. The summed E-state index contributed by atoms with van der Waals surface area (Å²) < 4.78 is 3.88. The third-order valence-electron chi connectivity index (χ3n) is 5.13. The summed E-state index contributed by atoms with van der Waals surface area (Å²) in [6.07, 6.45) is 2.95. The molecule has 0 amide bonds. The van der Waals surface area contributed by atoms with Crippen LogP contribution in [0.15, 0.2) is 54.7 Å². The summed E-state index contributed by atoms with van der Waals surface area (Å²) in [5.41, 5.74) is 5.45. The lowest BCUT2D eigenvalue weighted by atomic mass is 10.1. The van der Waals surface area contributed by atoms with E-state index in [4.69, 9.17) is 5.26 Å². The number of benzene rings is 2. The lowest BCUT2D eigenvalue weighted by molar-refractivity contribution is 0.353. The molecule has 1 aliphatic heterocycles. The van der Waals surface area contributed by atoms with Gasteiger partial charge in [-0.3, -0.25) is 5.32 Å². The third-order valence-corrected chi connectivity index (χ3v) is 6.24. The van der Waals surface area contributed by atoms with Crippen molar-refractivity contribution >= 4 is 22.8 Å². The fourth-order valence-electron chi connectivity index (χ4n) is 3.68. The minimum atomic E-state index is 0.148. The number of thioether (sulfide) groups is 1. The highest BCUT2D eigenvalue weighted by Gasteiger charge is 2.22. The van der Waals surface area contributed by atoms with Gasteiger partial charge in [0, 0.05) is 5.56 Å². The second-order valence-corrected chi connectivity index (χ2v) is 8.46. The predicted octanol–water partition coefficient (Wildman–Crippen LogP) is 3.73. The Balaban J connectivity index is 1.55. The van der Waals surface area contributed by atoms with Gasteiger partial charge in [-0.25, -0.2) is 9.36 Å². The first-order chi connectivity index (χ1) is 14.2. The van der Waals surface area contributed by atoms with E-state index in [2.05, 4.69) is 39.8 Å². The molecule has 1 N–H and O–H groups in total. The van der Waals surface area contributed by atoms with Crippen LogP contribution in [-0.2, 0) is 0 Å². The van der Waals surface area contributed by atoms with Crippen LogP contribution < -0.4 is 5.32 Å². The van der Waals surface area contributed by atoms with Crippen LogP contribution in [-0.4, -0.2) is 35.9 Å². The second kappa shape index (κ2) is 7.35. The Bertz CT molecular complexity index is 1200. The van der Waals surface area contributed by atoms with Gasteiger partial charge in [0.25, 0.3) is 0 Å². The summed E-state index contributed by atoms with van der Waals surface area (Å²) in [6.45, 7) is 2.18. The summed E-state index contributed by atoms with van der Waals surface area (Å²) in [5.74, 6) is 1.10. The van der Waals surface area contributed by atoms with E-state index >= 15 is 0 Å². The molecule has 2 unspecified atom stereocenters. The highest BCUT2D eigenvalue weighted by molar-refractivity contribution is 7.99. The Kier molecular flexibility index (Phi) is 4.54. The van der Waals surface area contributed by atoms with Crippen molar-refractivity contribution in [3.63, 3.8) is 0 Å². The van der Waals surface area contributed by atoms with Gasteiger partial charge >= 0.3 is 0 Å². The topological polar surface area (TPSA) is 84.3 Å². The first-order valence-electron chi connectivity index (χ1n) is 9.50. The molecule has 0 aliphatic carbocycles. The molecule has 5 rings (SSSR count). The highest BCUT2D eigenvalue weighted by atomic mass is 32.2. The zero-order valence-corrected chi connectivity index (χ0v) is 16.7. The van der Waals surface area contributed by atoms with Crippen LogP contribution in [0.2, 0.25) is 0 Å². The second-order valence-electron chi connectivity index (χ2n) is 7.01. The number of nitrogens with one attached hydrogen (secondary N) is 1. The highest BCUT2D eigenvalue weighted by Crippen LogP contribution is 2.29. The maximum absolute atomic E-state index is 9.03.